The summed E-state index contributed by atoms with van der Waals surface area (Å²) < 4.78 is 4.97. The highest BCUT2D eigenvalue weighted by Gasteiger charge is 2.31. The maximum atomic E-state index is 11.8. The summed E-state index contributed by atoms with van der Waals surface area (Å²) in [5.74, 6) is 1.39. The quantitative estimate of drug-likeness (QED) is 0.287. The molecule has 0 aliphatic heterocycles. The number of esters is 1. The highest BCUT2D eigenvalue weighted by atomic mass is 32.2. The summed E-state index contributed by atoms with van der Waals surface area (Å²) >= 11 is 2.03. The van der Waals surface area contributed by atoms with E-state index in [2.05, 4.69) is 6.92 Å². The predicted molar refractivity (Wildman–Crippen MR) is 102 cm³/mol. The lowest BCUT2D eigenvalue weighted by molar-refractivity contribution is -0.146. The number of unbranched alkanes of at least 4 members (excludes halogenated alkanes) is 9. The minimum absolute atomic E-state index is 0.0188. The smallest absolute Gasteiger partial charge is 0.309 e. The fourth-order valence-electron chi connectivity index (χ4n) is 3.54. The van der Waals surface area contributed by atoms with E-state index < -0.39 is 0 Å². The van der Waals surface area contributed by atoms with E-state index in [1.165, 1.54) is 96.3 Å². The lowest BCUT2D eigenvalue weighted by atomic mass is 9.89. The van der Waals surface area contributed by atoms with Gasteiger partial charge in [-0.15, -0.1) is 0 Å². The van der Waals surface area contributed by atoms with Crippen LogP contribution in [0.3, 0.4) is 0 Å². The van der Waals surface area contributed by atoms with Gasteiger partial charge in [0.15, 0.2) is 0 Å². The molecule has 2 atom stereocenters. The van der Waals surface area contributed by atoms with Crippen LogP contribution in [0.5, 0.6) is 0 Å². The molecule has 0 heterocycles. The molecule has 2 nitrogen and oxygen atoms in total. The number of hydrogen-bond acceptors (Lipinski definition) is 3. The van der Waals surface area contributed by atoms with Gasteiger partial charge in [-0.3, -0.25) is 4.79 Å². The first kappa shape index (κ1) is 20.9. The normalized spacial score (nSPS) is 21.3. The summed E-state index contributed by atoms with van der Waals surface area (Å²) in [5.41, 5.74) is 0. The Bertz CT molecular complexity index is 293. The number of rotatable bonds is 13. The van der Waals surface area contributed by atoms with Gasteiger partial charge in [-0.25, -0.2) is 0 Å². The second-order valence-corrected chi connectivity index (χ2v) is 8.35. The Morgan fingerprint density at radius 1 is 0.913 bits per heavy atom. The number of thioether (sulfide) groups is 1. The van der Waals surface area contributed by atoms with Crippen LogP contribution in [0.25, 0.3) is 0 Å². The molecule has 23 heavy (non-hydrogen) atoms. The number of carbonyl (C=O) groups is 1. The molecule has 2 unspecified atom stereocenters. The molecule has 1 saturated carbocycles. The summed E-state index contributed by atoms with van der Waals surface area (Å²) in [6.07, 6.45) is 18.6. The molecule has 0 amide bonds. The Kier molecular flexibility index (Phi) is 12.9. The lowest BCUT2D eigenvalue weighted by Crippen LogP contribution is -2.30. The predicted octanol–water partition coefficient (Wildman–Crippen LogP) is 6.37. The molecule has 1 aliphatic carbocycles. The van der Waals surface area contributed by atoms with Gasteiger partial charge in [0.2, 0.25) is 0 Å². The van der Waals surface area contributed by atoms with Crippen molar-refractivity contribution in [3.8, 4) is 0 Å². The van der Waals surface area contributed by atoms with E-state index >= 15 is 0 Å². The highest BCUT2D eigenvalue weighted by Crippen LogP contribution is 2.34. The molecule has 1 aliphatic rings. The maximum Gasteiger partial charge on any atom is 0.309 e. The van der Waals surface area contributed by atoms with Crippen LogP contribution in [-0.4, -0.2) is 24.1 Å². The second-order valence-electron chi connectivity index (χ2n) is 7.01. The van der Waals surface area contributed by atoms with Crippen molar-refractivity contribution in [2.24, 2.45) is 5.92 Å². The molecule has 136 valence electrons. The van der Waals surface area contributed by atoms with Gasteiger partial charge >= 0.3 is 5.97 Å². The van der Waals surface area contributed by atoms with Crippen LogP contribution in [0.2, 0.25) is 0 Å². The molecule has 1 fully saturated rings. The van der Waals surface area contributed by atoms with Gasteiger partial charge in [-0.05, 0) is 25.0 Å². The topological polar surface area (TPSA) is 26.3 Å². The van der Waals surface area contributed by atoms with Gasteiger partial charge in [0.05, 0.1) is 13.0 Å². The molecule has 0 N–H and O–H groups in total. The zero-order chi connectivity index (χ0) is 16.8. The molecule has 0 bridgehead atoms. The first-order valence-electron chi connectivity index (χ1n) is 9.99. The van der Waals surface area contributed by atoms with E-state index in [4.69, 9.17) is 4.74 Å². The van der Waals surface area contributed by atoms with E-state index in [-0.39, 0.29) is 11.9 Å². The van der Waals surface area contributed by atoms with Crippen molar-refractivity contribution in [3.63, 3.8) is 0 Å². The summed E-state index contributed by atoms with van der Waals surface area (Å²) in [6, 6.07) is 0. The summed E-state index contributed by atoms with van der Waals surface area (Å²) in [6.45, 7) is 2.28. The van der Waals surface area contributed by atoms with E-state index in [0.717, 1.165) is 6.42 Å². The third-order valence-electron chi connectivity index (χ3n) is 5.04. The fourth-order valence-corrected chi connectivity index (χ4v) is 5.03. The molecular formula is C20H38O2S. The van der Waals surface area contributed by atoms with Crippen molar-refractivity contribution in [2.45, 2.75) is 102 Å². The first-order chi connectivity index (χ1) is 11.3. The van der Waals surface area contributed by atoms with Crippen molar-refractivity contribution >= 4 is 17.7 Å². The molecule has 0 spiro atoms. The Balaban J connectivity index is 1.96. The largest absolute Gasteiger partial charge is 0.469 e. The third-order valence-corrected chi connectivity index (χ3v) is 6.55. The maximum absolute atomic E-state index is 11.8. The Hall–Kier alpha value is -0.180. The van der Waals surface area contributed by atoms with Gasteiger partial charge in [0, 0.05) is 5.25 Å². The van der Waals surface area contributed by atoms with E-state index in [1.807, 2.05) is 11.8 Å². The van der Waals surface area contributed by atoms with Crippen LogP contribution in [-0.2, 0) is 9.53 Å². The molecule has 1 rings (SSSR count). The molecule has 3 heteroatoms. The van der Waals surface area contributed by atoms with Gasteiger partial charge in [0.1, 0.15) is 0 Å². The van der Waals surface area contributed by atoms with Crippen molar-refractivity contribution in [1.29, 1.82) is 0 Å². The Morgan fingerprint density at radius 3 is 2.09 bits per heavy atom. The van der Waals surface area contributed by atoms with Crippen LogP contribution >= 0.6 is 11.8 Å². The van der Waals surface area contributed by atoms with Crippen LogP contribution < -0.4 is 0 Å². The van der Waals surface area contributed by atoms with Gasteiger partial charge in [-0.2, -0.15) is 11.8 Å². The number of carbonyl (C=O) groups excluding carboxylic acids is 1. The fraction of sp³-hybridized carbons (Fsp3) is 0.950. The highest BCUT2D eigenvalue weighted by molar-refractivity contribution is 7.99. The molecule has 0 aromatic carbocycles. The van der Waals surface area contributed by atoms with Crippen LogP contribution in [0.15, 0.2) is 0 Å². The van der Waals surface area contributed by atoms with Crippen LogP contribution in [0.4, 0.5) is 0 Å². The van der Waals surface area contributed by atoms with Crippen molar-refractivity contribution in [1.82, 2.24) is 0 Å². The Morgan fingerprint density at radius 2 is 1.48 bits per heavy atom. The van der Waals surface area contributed by atoms with Crippen molar-refractivity contribution < 1.29 is 9.53 Å². The van der Waals surface area contributed by atoms with Gasteiger partial charge < -0.3 is 4.74 Å². The third kappa shape index (κ3) is 9.64. The van der Waals surface area contributed by atoms with Crippen molar-refractivity contribution in [3.05, 3.63) is 0 Å². The molecular weight excluding hydrogens is 304 g/mol. The number of ether oxygens (including phenoxy) is 1. The number of methoxy groups -OCH3 is 1. The average Bonchev–Trinajstić information content (AvgIpc) is 2.59. The van der Waals surface area contributed by atoms with Crippen LogP contribution in [0, 0.1) is 5.92 Å². The van der Waals surface area contributed by atoms with Gasteiger partial charge in [0.25, 0.3) is 0 Å². The van der Waals surface area contributed by atoms with Crippen molar-refractivity contribution in [2.75, 3.05) is 12.9 Å². The monoisotopic (exact) mass is 342 g/mol. The molecule has 0 aromatic heterocycles. The average molecular weight is 343 g/mol. The van der Waals surface area contributed by atoms with E-state index in [9.17, 15) is 4.79 Å². The molecule has 0 aromatic rings. The molecule has 0 radical (unpaired) electrons. The first-order valence-corrected chi connectivity index (χ1v) is 11.0. The minimum atomic E-state index is 0.0188. The summed E-state index contributed by atoms with van der Waals surface area (Å²) in [7, 11) is 1.53. The summed E-state index contributed by atoms with van der Waals surface area (Å²) in [4.78, 5) is 11.8. The molecule has 0 saturated heterocycles. The van der Waals surface area contributed by atoms with E-state index in [1.54, 1.807) is 0 Å². The van der Waals surface area contributed by atoms with E-state index in [0.29, 0.717) is 5.25 Å². The van der Waals surface area contributed by atoms with Gasteiger partial charge in [-0.1, -0.05) is 77.6 Å². The zero-order valence-electron chi connectivity index (χ0n) is 15.5. The lowest BCUT2D eigenvalue weighted by Gasteiger charge is -2.29. The second kappa shape index (κ2) is 14.2. The SMILES string of the molecule is CCCCCCCCCCCCSC1CCCCC1C(=O)OC. The summed E-state index contributed by atoms with van der Waals surface area (Å²) in [5, 5.41) is 0.509. The van der Waals surface area contributed by atoms with Crippen LogP contribution in [0.1, 0.15) is 96.8 Å². The minimum Gasteiger partial charge on any atom is -0.469 e. The standard InChI is InChI=1S/C20H38O2S/c1-3-4-5-6-7-8-9-10-11-14-17-23-19-16-13-12-15-18(19)20(21)22-2/h18-19H,3-17H2,1-2H3. The number of hydrogen-bond donors (Lipinski definition) is 0. The Labute approximate surface area is 148 Å². The zero-order valence-corrected chi connectivity index (χ0v) is 16.3.